The molecule has 0 saturated carbocycles. The van der Waals surface area contributed by atoms with Crippen molar-refractivity contribution in [3.05, 3.63) is 35.4 Å². The minimum absolute atomic E-state index is 0.0389. The largest absolute Gasteiger partial charge is 0.376 e. The topological polar surface area (TPSA) is 50.8 Å². The van der Waals surface area contributed by atoms with Gasteiger partial charge in [0.25, 0.3) is 5.91 Å². The van der Waals surface area contributed by atoms with Gasteiger partial charge in [0.05, 0.1) is 25.9 Å². The van der Waals surface area contributed by atoms with Crippen molar-refractivity contribution in [3.8, 4) is 0 Å². The van der Waals surface area contributed by atoms with Crippen molar-refractivity contribution < 1.29 is 14.3 Å². The van der Waals surface area contributed by atoms with Crippen molar-refractivity contribution in [2.45, 2.75) is 38.3 Å². The van der Waals surface area contributed by atoms with Gasteiger partial charge in [-0.3, -0.25) is 9.69 Å². The third-order valence-electron chi connectivity index (χ3n) is 4.67. The van der Waals surface area contributed by atoms with Gasteiger partial charge in [0.15, 0.2) is 0 Å². The number of amides is 1. The van der Waals surface area contributed by atoms with Crippen LogP contribution in [0.3, 0.4) is 0 Å². The number of nitrogens with zero attached hydrogens (tertiary/aromatic N) is 1. The summed E-state index contributed by atoms with van der Waals surface area (Å²) in [6.45, 7) is 5.55. The number of carbonyl (C=O) groups excluding carboxylic acids is 1. The lowest BCUT2D eigenvalue weighted by Gasteiger charge is -2.23. The number of rotatable bonds is 5. The van der Waals surface area contributed by atoms with Crippen LogP contribution in [0, 0.1) is 0 Å². The van der Waals surface area contributed by atoms with E-state index in [2.05, 4.69) is 16.3 Å². The van der Waals surface area contributed by atoms with Gasteiger partial charge < -0.3 is 14.8 Å². The van der Waals surface area contributed by atoms with Gasteiger partial charge in [0.1, 0.15) is 0 Å². The highest BCUT2D eigenvalue weighted by atomic mass is 16.6. The number of nitrogens with one attached hydrogen (secondary N) is 1. The second-order valence-electron chi connectivity index (χ2n) is 6.67. The zero-order valence-electron chi connectivity index (χ0n) is 14.3. The Kier molecular flexibility index (Phi) is 6.64. The van der Waals surface area contributed by atoms with Gasteiger partial charge in [0, 0.05) is 18.7 Å². The first kappa shape index (κ1) is 17.4. The van der Waals surface area contributed by atoms with E-state index >= 15 is 0 Å². The summed E-state index contributed by atoms with van der Waals surface area (Å²) in [7, 11) is 0. The number of carbonyl (C=O) groups is 1. The summed E-state index contributed by atoms with van der Waals surface area (Å²) in [4.78, 5) is 14.9. The van der Waals surface area contributed by atoms with E-state index in [0.717, 1.165) is 25.2 Å². The monoisotopic (exact) mass is 332 g/mol. The molecule has 0 aliphatic carbocycles. The van der Waals surface area contributed by atoms with Crippen LogP contribution < -0.4 is 5.32 Å². The first-order chi connectivity index (χ1) is 11.8. The lowest BCUT2D eigenvalue weighted by atomic mass is 10.1. The predicted octanol–water partition coefficient (Wildman–Crippen LogP) is 2.21. The molecule has 1 unspecified atom stereocenters. The van der Waals surface area contributed by atoms with Crippen LogP contribution in [0.25, 0.3) is 0 Å². The number of hydrogen-bond acceptors (Lipinski definition) is 4. The quantitative estimate of drug-likeness (QED) is 0.898. The van der Waals surface area contributed by atoms with E-state index in [1.165, 1.54) is 31.2 Å². The lowest BCUT2D eigenvalue weighted by molar-refractivity contribution is -0.0855. The molecule has 2 fully saturated rings. The number of likely N-dealkylation sites (tertiary alicyclic amines) is 1. The molecule has 1 aromatic carbocycles. The third-order valence-corrected chi connectivity index (χ3v) is 4.67. The molecule has 2 aliphatic rings. The van der Waals surface area contributed by atoms with E-state index in [1.54, 1.807) is 0 Å². The zero-order valence-corrected chi connectivity index (χ0v) is 14.3. The number of ether oxygens (including phenoxy) is 2. The van der Waals surface area contributed by atoms with Gasteiger partial charge in [-0.2, -0.15) is 0 Å². The molecule has 5 heteroatoms. The summed E-state index contributed by atoms with van der Waals surface area (Å²) in [5, 5.41) is 2.95. The van der Waals surface area contributed by atoms with Crippen LogP contribution in [-0.4, -0.2) is 56.4 Å². The molecule has 24 heavy (non-hydrogen) atoms. The molecule has 1 N–H and O–H groups in total. The molecule has 1 amide bonds. The maximum absolute atomic E-state index is 12.4. The summed E-state index contributed by atoms with van der Waals surface area (Å²) >= 11 is 0. The van der Waals surface area contributed by atoms with E-state index in [-0.39, 0.29) is 12.0 Å². The van der Waals surface area contributed by atoms with Crippen LogP contribution in [0.1, 0.15) is 41.6 Å². The molecule has 2 heterocycles. The fourth-order valence-electron chi connectivity index (χ4n) is 3.33. The number of hydrogen-bond donors (Lipinski definition) is 1. The lowest BCUT2D eigenvalue weighted by Crippen LogP contribution is -2.39. The first-order valence-electron chi connectivity index (χ1n) is 9.10. The van der Waals surface area contributed by atoms with E-state index in [1.807, 2.05) is 18.2 Å². The fourth-order valence-corrected chi connectivity index (χ4v) is 3.33. The minimum atomic E-state index is -0.0399. The highest BCUT2D eigenvalue weighted by Gasteiger charge is 2.16. The Morgan fingerprint density at radius 3 is 2.75 bits per heavy atom. The smallest absolute Gasteiger partial charge is 0.251 e. The van der Waals surface area contributed by atoms with Crippen molar-refractivity contribution in [1.82, 2.24) is 10.2 Å². The maximum atomic E-state index is 12.4. The molecular formula is C19H28N2O3. The molecule has 0 bridgehead atoms. The van der Waals surface area contributed by atoms with Crippen LogP contribution >= 0.6 is 0 Å². The average molecular weight is 332 g/mol. The van der Waals surface area contributed by atoms with Gasteiger partial charge in [0.2, 0.25) is 0 Å². The van der Waals surface area contributed by atoms with Gasteiger partial charge in [-0.25, -0.2) is 0 Å². The second-order valence-corrected chi connectivity index (χ2v) is 6.67. The van der Waals surface area contributed by atoms with Gasteiger partial charge in [-0.05, 0) is 43.6 Å². The highest BCUT2D eigenvalue weighted by Crippen LogP contribution is 2.14. The third kappa shape index (κ3) is 5.30. The Morgan fingerprint density at radius 2 is 2.00 bits per heavy atom. The second kappa shape index (κ2) is 9.16. The number of benzene rings is 1. The first-order valence-corrected chi connectivity index (χ1v) is 9.10. The van der Waals surface area contributed by atoms with E-state index in [0.29, 0.717) is 26.4 Å². The van der Waals surface area contributed by atoms with Crippen LogP contribution in [0.4, 0.5) is 0 Å². The normalized spacial score (nSPS) is 22.8. The summed E-state index contributed by atoms with van der Waals surface area (Å²) in [6.07, 6.45) is 5.20. The fraction of sp³-hybridized carbons (Fsp3) is 0.632. The molecule has 5 nitrogen and oxygen atoms in total. The molecule has 2 aliphatic heterocycles. The average Bonchev–Trinajstić information content (AvgIpc) is 2.89. The van der Waals surface area contributed by atoms with Gasteiger partial charge >= 0.3 is 0 Å². The summed E-state index contributed by atoms with van der Waals surface area (Å²) in [5.41, 5.74) is 1.93. The van der Waals surface area contributed by atoms with Crippen molar-refractivity contribution in [2.24, 2.45) is 0 Å². The Hall–Kier alpha value is -1.43. The Bertz CT molecular complexity index is 521. The Morgan fingerprint density at radius 1 is 1.17 bits per heavy atom. The summed E-state index contributed by atoms with van der Waals surface area (Å²) in [5.74, 6) is -0.0399. The molecule has 0 aromatic heterocycles. The molecule has 0 spiro atoms. The van der Waals surface area contributed by atoms with E-state index < -0.39 is 0 Å². The molecule has 3 rings (SSSR count). The molecule has 1 atom stereocenters. The summed E-state index contributed by atoms with van der Waals surface area (Å²) < 4.78 is 10.9. The van der Waals surface area contributed by atoms with E-state index in [4.69, 9.17) is 9.47 Å². The van der Waals surface area contributed by atoms with Crippen molar-refractivity contribution in [2.75, 3.05) is 39.5 Å². The van der Waals surface area contributed by atoms with Crippen LogP contribution in [0.2, 0.25) is 0 Å². The van der Waals surface area contributed by atoms with Crippen molar-refractivity contribution in [1.29, 1.82) is 0 Å². The highest BCUT2D eigenvalue weighted by molar-refractivity contribution is 5.94. The molecule has 2 saturated heterocycles. The van der Waals surface area contributed by atoms with Crippen molar-refractivity contribution in [3.63, 3.8) is 0 Å². The van der Waals surface area contributed by atoms with Crippen LogP contribution in [0.15, 0.2) is 24.3 Å². The predicted molar refractivity (Wildman–Crippen MR) is 93.1 cm³/mol. The van der Waals surface area contributed by atoms with Crippen LogP contribution in [-0.2, 0) is 16.0 Å². The standard InChI is InChI=1S/C19H28N2O3/c22-19(20-13-18-15-23-10-11-24-18)17-7-5-6-16(12-17)14-21-8-3-1-2-4-9-21/h5-7,12,18H,1-4,8-11,13-15H2,(H,20,22). The van der Waals surface area contributed by atoms with Gasteiger partial charge in [-0.15, -0.1) is 0 Å². The molecule has 0 radical (unpaired) electrons. The molecule has 1 aromatic rings. The maximum Gasteiger partial charge on any atom is 0.251 e. The molecular weight excluding hydrogens is 304 g/mol. The van der Waals surface area contributed by atoms with Crippen molar-refractivity contribution >= 4 is 5.91 Å². The SMILES string of the molecule is O=C(NCC1COCCO1)c1cccc(CN2CCCCCC2)c1. The zero-order chi connectivity index (χ0) is 16.6. The Labute approximate surface area is 144 Å². The summed E-state index contributed by atoms with van der Waals surface area (Å²) in [6, 6.07) is 7.97. The van der Waals surface area contributed by atoms with Crippen LogP contribution in [0.5, 0.6) is 0 Å². The molecule has 132 valence electrons. The van der Waals surface area contributed by atoms with Gasteiger partial charge in [-0.1, -0.05) is 25.0 Å². The Balaban J connectivity index is 1.52. The minimum Gasteiger partial charge on any atom is -0.376 e. The van der Waals surface area contributed by atoms with E-state index in [9.17, 15) is 4.79 Å².